The van der Waals surface area contributed by atoms with E-state index in [-0.39, 0.29) is 0 Å². The Morgan fingerprint density at radius 2 is 2.00 bits per heavy atom. The monoisotopic (exact) mass is 294 g/mol. The van der Waals surface area contributed by atoms with Crippen LogP contribution in [-0.4, -0.2) is 7.85 Å². The van der Waals surface area contributed by atoms with Crippen LogP contribution in [0.3, 0.4) is 0 Å². The van der Waals surface area contributed by atoms with Crippen LogP contribution in [0.2, 0.25) is 0 Å². The van der Waals surface area contributed by atoms with Crippen LogP contribution in [0.1, 0.15) is 0 Å². The Kier molecular flexibility index (Phi) is 2.58. The zero-order chi connectivity index (χ0) is 6.85. The minimum Gasteiger partial charge on any atom is -0.0868 e. The molecule has 1 aromatic rings. The van der Waals surface area contributed by atoms with Crippen LogP contribution in [0.5, 0.6) is 0 Å². The maximum absolute atomic E-state index is 3.41. The van der Waals surface area contributed by atoms with Crippen molar-refractivity contribution in [2.45, 2.75) is 0 Å². The van der Waals surface area contributed by atoms with Gasteiger partial charge in [-0.15, -0.1) is 0 Å². The molecule has 9 heavy (non-hydrogen) atoms. The van der Waals surface area contributed by atoms with Gasteiger partial charge in [0.05, 0.1) is 0 Å². The van der Waals surface area contributed by atoms with Crippen LogP contribution in [-0.2, 0) is 0 Å². The smallest absolute Gasteiger partial charge is 0.0868 e. The summed E-state index contributed by atoms with van der Waals surface area (Å²) in [6.45, 7) is 0. The average molecular weight is 295 g/mol. The van der Waals surface area contributed by atoms with Crippen LogP contribution < -0.4 is 5.46 Å². The van der Waals surface area contributed by atoms with Gasteiger partial charge >= 0.3 is 0 Å². The average Bonchev–Trinajstić information content (AvgIpc) is 1.59. The van der Waals surface area contributed by atoms with Gasteiger partial charge in [0.1, 0.15) is 7.85 Å². The van der Waals surface area contributed by atoms with Gasteiger partial charge in [-0.05, 0) is 28.7 Å². The zero-order valence-electron chi connectivity index (χ0n) is 4.99. The molecule has 0 heterocycles. The highest BCUT2D eigenvalue weighted by molar-refractivity contribution is 14.1. The third kappa shape index (κ3) is 2.30. The molecule has 1 rings (SSSR count). The zero-order valence-corrected chi connectivity index (χ0v) is 8.73. The summed E-state index contributed by atoms with van der Waals surface area (Å²) in [6, 6.07) is 6.33. The molecule has 0 spiro atoms. The highest BCUT2D eigenvalue weighted by atomic mass is 127. The van der Waals surface area contributed by atoms with Gasteiger partial charge in [-0.1, -0.05) is 33.5 Å². The molecule has 0 unspecified atom stereocenters. The second-order valence-corrected chi connectivity index (χ2v) is 4.11. The number of hydrogen-bond donors (Lipinski definition) is 0. The van der Waals surface area contributed by atoms with E-state index >= 15 is 0 Å². The summed E-state index contributed by atoms with van der Waals surface area (Å²) in [5, 5.41) is 0. The number of halogens is 2. The maximum Gasteiger partial charge on any atom is 0.139 e. The van der Waals surface area contributed by atoms with Crippen molar-refractivity contribution < 1.29 is 0 Å². The fraction of sp³-hybridized carbons (Fsp3) is 0. The summed E-state index contributed by atoms with van der Waals surface area (Å²) in [5.41, 5.74) is 1.30. The Morgan fingerprint density at radius 3 is 2.44 bits per heavy atom. The molecule has 3 heteroatoms. The molecule has 1 aromatic carbocycles. The Bertz CT molecular complexity index is 174. The van der Waals surface area contributed by atoms with Crippen molar-refractivity contribution in [1.82, 2.24) is 0 Å². The van der Waals surface area contributed by atoms with Crippen LogP contribution in [0.15, 0.2) is 22.7 Å². The first-order valence-electron chi connectivity index (χ1n) is 2.61. The van der Waals surface area contributed by atoms with Crippen molar-refractivity contribution in [2.24, 2.45) is 0 Å². The van der Waals surface area contributed by atoms with Gasteiger partial charge in [0, 0.05) is 8.04 Å². The van der Waals surface area contributed by atoms with Crippen molar-refractivity contribution in [3.8, 4) is 0 Å². The first kappa shape index (κ1) is 7.60. The molecule has 0 aromatic heterocycles. The van der Waals surface area contributed by atoms with Crippen LogP contribution >= 0.6 is 38.5 Å². The lowest BCUT2D eigenvalue weighted by molar-refractivity contribution is 1.64. The van der Waals surface area contributed by atoms with E-state index in [1.165, 1.54) is 9.03 Å². The summed E-state index contributed by atoms with van der Waals surface area (Å²) in [5.74, 6) is 0. The van der Waals surface area contributed by atoms with E-state index in [1.54, 1.807) is 0 Å². The molecular formula is C6H5BBrI. The maximum atomic E-state index is 3.41. The molecule has 0 bridgehead atoms. The highest BCUT2D eigenvalue weighted by Gasteiger charge is 1.90. The Hall–Kier alpha value is 0.495. The Balaban J connectivity index is 3.17. The Morgan fingerprint density at radius 1 is 1.33 bits per heavy atom. The molecule has 0 amide bonds. The van der Waals surface area contributed by atoms with E-state index < -0.39 is 0 Å². The molecule has 0 radical (unpaired) electrons. The van der Waals surface area contributed by atoms with Gasteiger partial charge in [-0.2, -0.15) is 0 Å². The Labute approximate surface area is 77.7 Å². The predicted molar refractivity (Wildman–Crippen MR) is 55.0 cm³/mol. The van der Waals surface area contributed by atoms with Gasteiger partial charge < -0.3 is 0 Å². The molecule has 0 N–H and O–H groups in total. The second-order valence-electron chi connectivity index (χ2n) is 1.95. The van der Waals surface area contributed by atoms with Crippen molar-refractivity contribution in [3.05, 3.63) is 26.2 Å². The lowest BCUT2D eigenvalue weighted by Gasteiger charge is -1.94. The third-order valence-corrected chi connectivity index (χ3v) is 2.09. The third-order valence-electron chi connectivity index (χ3n) is 1.01. The first-order valence-corrected chi connectivity index (χ1v) is 4.48. The van der Waals surface area contributed by atoms with Gasteiger partial charge in [0.2, 0.25) is 0 Å². The summed E-state index contributed by atoms with van der Waals surface area (Å²) < 4.78 is 2.44. The minimum absolute atomic E-state index is 1.16. The van der Waals surface area contributed by atoms with Crippen molar-refractivity contribution in [1.29, 1.82) is 0 Å². The normalized spacial score (nSPS) is 9.56. The minimum atomic E-state index is 1.16. The summed E-state index contributed by atoms with van der Waals surface area (Å²) >= 11 is 5.71. The van der Waals surface area contributed by atoms with Gasteiger partial charge in [0.15, 0.2) is 0 Å². The summed E-state index contributed by atoms with van der Waals surface area (Å²) in [4.78, 5) is 0. The van der Waals surface area contributed by atoms with E-state index in [0.717, 1.165) is 4.47 Å². The molecule has 0 aliphatic rings. The molecule has 0 saturated heterocycles. The molecule has 0 saturated carbocycles. The molecule has 0 atom stereocenters. The van der Waals surface area contributed by atoms with Crippen molar-refractivity contribution in [3.63, 3.8) is 0 Å². The SMILES string of the molecule is Bc1cc(Br)cc(I)c1. The topological polar surface area (TPSA) is 0 Å². The second kappa shape index (κ2) is 3.06. The standard InChI is InChI=1S/C6H5BBrI/c7-4-1-5(8)3-6(9)2-4/h1-3H,7H2. The molecule has 46 valence electrons. The highest BCUT2D eigenvalue weighted by Crippen LogP contribution is 2.10. The summed E-state index contributed by atoms with van der Waals surface area (Å²) in [7, 11) is 2.09. The fourth-order valence-corrected chi connectivity index (χ4v) is 2.55. The predicted octanol–water partition coefficient (Wildman–Crippen LogP) is 1.31. The molecule has 0 nitrogen and oxygen atoms in total. The van der Waals surface area contributed by atoms with Crippen molar-refractivity contribution >= 4 is 51.8 Å². The van der Waals surface area contributed by atoms with Gasteiger partial charge in [-0.25, -0.2) is 0 Å². The van der Waals surface area contributed by atoms with Crippen LogP contribution in [0.25, 0.3) is 0 Å². The number of hydrogen-bond acceptors (Lipinski definition) is 0. The van der Waals surface area contributed by atoms with E-state index in [4.69, 9.17) is 0 Å². The lowest BCUT2D eigenvalue weighted by Crippen LogP contribution is -2.00. The van der Waals surface area contributed by atoms with E-state index in [2.05, 4.69) is 64.6 Å². The van der Waals surface area contributed by atoms with Crippen LogP contribution in [0.4, 0.5) is 0 Å². The fourth-order valence-electron chi connectivity index (χ4n) is 0.692. The van der Waals surface area contributed by atoms with E-state index in [9.17, 15) is 0 Å². The van der Waals surface area contributed by atoms with Crippen LogP contribution in [0, 0.1) is 3.57 Å². The number of benzene rings is 1. The number of rotatable bonds is 0. The van der Waals surface area contributed by atoms with Gasteiger partial charge in [0.25, 0.3) is 0 Å². The molecular weight excluding hydrogens is 290 g/mol. The molecule has 0 aliphatic heterocycles. The largest absolute Gasteiger partial charge is 0.139 e. The quantitative estimate of drug-likeness (QED) is 0.500. The van der Waals surface area contributed by atoms with E-state index in [1.807, 2.05) is 0 Å². The van der Waals surface area contributed by atoms with E-state index in [0.29, 0.717) is 0 Å². The summed E-state index contributed by atoms with van der Waals surface area (Å²) in [6.07, 6.45) is 0. The molecule has 0 fully saturated rings. The lowest BCUT2D eigenvalue weighted by atomic mass is 9.97. The van der Waals surface area contributed by atoms with Crippen molar-refractivity contribution in [2.75, 3.05) is 0 Å². The first-order chi connectivity index (χ1) is 4.18. The van der Waals surface area contributed by atoms with Gasteiger partial charge in [-0.3, -0.25) is 0 Å². The molecule has 0 aliphatic carbocycles.